The van der Waals surface area contributed by atoms with Crippen LogP contribution in [0.25, 0.3) is 21.9 Å². The molecule has 0 fully saturated rings. The van der Waals surface area contributed by atoms with Gasteiger partial charge in [0.25, 0.3) is 0 Å². The molecule has 0 bridgehead atoms. The number of anilines is 1. The molecule has 8 heteroatoms. The summed E-state index contributed by atoms with van der Waals surface area (Å²) in [6.45, 7) is 3.41. The molecule has 1 aromatic carbocycles. The van der Waals surface area contributed by atoms with Crippen LogP contribution in [0.3, 0.4) is 0 Å². The maximum absolute atomic E-state index is 13.1. The first-order valence-electron chi connectivity index (χ1n) is 8.85. The number of hydrogen-bond acceptors (Lipinski definition) is 2. The van der Waals surface area contributed by atoms with E-state index in [0.29, 0.717) is 33.2 Å². The normalized spacial score (nSPS) is 11.3. The quantitative estimate of drug-likeness (QED) is 0.391. The Labute approximate surface area is 169 Å². The molecule has 5 nitrogen and oxygen atoms in total. The number of alkyl halides is 3. The highest BCUT2D eigenvalue weighted by Crippen LogP contribution is 2.29. The van der Waals surface area contributed by atoms with Crippen molar-refractivity contribution in [3.63, 3.8) is 0 Å². The van der Waals surface area contributed by atoms with Gasteiger partial charge in [-0.3, -0.25) is 9.36 Å². The Kier molecular flexibility index (Phi) is 4.59. The molecule has 30 heavy (non-hydrogen) atoms. The maximum atomic E-state index is 13.1. The molecule has 3 heterocycles. The fourth-order valence-electron chi connectivity index (χ4n) is 3.19. The summed E-state index contributed by atoms with van der Waals surface area (Å²) < 4.78 is 41.5. The van der Waals surface area contributed by atoms with Gasteiger partial charge in [0.1, 0.15) is 5.65 Å². The topological polar surface area (TPSA) is 51.9 Å². The van der Waals surface area contributed by atoms with Crippen LogP contribution in [0.15, 0.2) is 61.6 Å². The van der Waals surface area contributed by atoms with Gasteiger partial charge in [0.05, 0.1) is 23.0 Å². The monoisotopic (exact) mass is 408 g/mol. The van der Waals surface area contributed by atoms with Crippen LogP contribution in [0.2, 0.25) is 0 Å². The van der Waals surface area contributed by atoms with Crippen LogP contribution in [0.1, 0.15) is 11.1 Å². The third-order valence-electron chi connectivity index (χ3n) is 4.57. The first kappa shape index (κ1) is 19.3. The smallest absolute Gasteiger partial charge is 0.334 e. The summed E-state index contributed by atoms with van der Waals surface area (Å²) in [5.74, 6) is 5.56. The van der Waals surface area contributed by atoms with E-state index in [1.807, 2.05) is 7.05 Å². The van der Waals surface area contributed by atoms with Crippen LogP contribution >= 0.6 is 0 Å². The van der Waals surface area contributed by atoms with Gasteiger partial charge < -0.3 is 9.88 Å². The minimum Gasteiger partial charge on any atom is -0.334 e. The number of amides is 1. The number of carbonyl (C=O) groups is 1. The SMILES string of the molecule is C=CC(=O)Nc1cnc2c(c1)c(C#Cc1ccc3ccn(C(F)(F)F)c3c1)cn2C. The number of aryl methyl sites for hydroxylation is 1. The number of halogens is 3. The van der Waals surface area contributed by atoms with Gasteiger partial charge in [-0.2, -0.15) is 0 Å². The molecule has 3 aromatic heterocycles. The first-order chi connectivity index (χ1) is 14.3. The van der Waals surface area contributed by atoms with E-state index in [1.165, 1.54) is 18.3 Å². The van der Waals surface area contributed by atoms with E-state index in [-0.39, 0.29) is 16.0 Å². The summed E-state index contributed by atoms with van der Waals surface area (Å²) in [4.78, 5) is 15.9. The fourth-order valence-corrected chi connectivity index (χ4v) is 3.19. The van der Waals surface area contributed by atoms with Gasteiger partial charge in [-0.25, -0.2) is 4.98 Å². The maximum Gasteiger partial charge on any atom is 0.488 e. The Bertz CT molecular complexity index is 1370. The molecule has 0 radical (unpaired) electrons. The lowest BCUT2D eigenvalue weighted by molar-refractivity contribution is -0.200. The Hall–Kier alpha value is -3.99. The third-order valence-corrected chi connectivity index (χ3v) is 4.57. The Balaban J connectivity index is 1.75. The highest BCUT2D eigenvalue weighted by molar-refractivity contribution is 6.00. The van der Waals surface area contributed by atoms with Crippen molar-refractivity contribution in [2.75, 3.05) is 5.32 Å². The molecule has 1 amide bonds. The van der Waals surface area contributed by atoms with E-state index in [4.69, 9.17) is 0 Å². The number of nitrogens with zero attached hydrogens (tertiary/aromatic N) is 3. The lowest BCUT2D eigenvalue weighted by atomic mass is 10.1. The van der Waals surface area contributed by atoms with E-state index in [2.05, 4.69) is 28.7 Å². The van der Waals surface area contributed by atoms with Crippen LogP contribution in [0, 0.1) is 11.8 Å². The van der Waals surface area contributed by atoms with Crippen molar-refractivity contribution in [1.82, 2.24) is 14.1 Å². The van der Waals surface area contributed by atoms with Crippen molar-refractivity contribution < 1.29 is 18.0 Å². The lowest BCUT2D eigenvalue weighted by Crippen LogP contribution is -2.14. The molecule has 0 aliphatic carbocycles. The molecule has 150 valence electrons. The summed E-state index contributed by atoms with van der Waals surface area (Å²) in [5.41, 5.74) is 2.29. The van der Waals surface area contributed by atoms with Crippen molar-refractivity contribution in [1.29, 1.82) is 0 Å². The molecular formula is C22H15F3N4O. The molecule has 1 N–H and O–H groups in total. The number of nitrogens with one attached hydrogen (secondary N) is 1. The number of pyridine rings is 1. The van der Waals surface area contributed by atoms with Crippen LogP contribution in [0.5, 0.6) is 0 Å². The van der Waals surface area contributed by atoms with Gasteiger partial charge in [-0.1, -0.05) is 24.5 Å². The van der Waals surface area contributed by atoms with Crippen molar-refractivity contribution in [2.24, 2.45) is 7.05 Å². The minimum atomic E-state index is -4.50. The molecule has 0 saturated heterocycles. The zero-order valence-corrected chi connectivity index (χ0v) is 15.8. The average molecular weight is 408 g/mol. The van der Waals surface area contributed by atoms with Crippen LogP contribution < -0.4 is 5.32 Å². The molecule has 0 atom stereocenters. The lowest BCUT2D eigenvalue weighted by Gasteiger charge is -2.09. The summed E-state index contributed by atoms with van der Waals surface area (Å²) in [6, 6.07) is 7.85. The summed E-state index contributed by atoms with van der Waals surface area (Å²) in [5, 5.41) is 3.84. The van der Waals surface area contributed by atoms with Crippen LogP contribution in [-0.2, 0) is 18.1 Å². The van der Waals surface area contributed by atoms with E-state index < -0.39 is 6.30 Å². The van der Waals surface area contributed by atoms with Gasteiger partial charge in [-0.05, 0) is 35.7 Å². The Morgan fingerprint density at radius 2 is 2.03 bits per heavy atom. The van der Waals surface area contributed by atoms with Crippen molar-refractivity contribution in [3.8, 4) is 11.8 Å². The first-order valence-corrected chi connectivity index (χ1v) is 8.85. The third kappa shape index (κ3) is 3.53. The summed E-state index contributed by atoms with van der Waals surface area (Å²) in [6.07, 6.45) is 0.961. The van der Waals surface area contributed by atoms with Gasteiger partial charge in [0.2, 0.25) is 5.91 Å². The van der Waals surface area contributed by atoms with Crippen molar-refractivity contribution in [2.45, 2.75) is 6.30 Å². The number of aromatic nitrogens is 3. The number of hydrogen-bond donors (Lipinski definition) is 1. The van der Waals surface area contributed by atoms with Gasteiger partial charge in [-0.15, -0.1) is 13.2 Å². The molecule has 4 rings (SSSR count). The number of carbonyl (C=O) groups excluding carboxylic acids is 1. The van der Waals surface area contributed by atoms with Crippen LogP contribution in [0.4, 0.5) is 18.9 Å². The molecule has 0 aliphatic rings. The van der Waals surface area contributed by atoms with Crippen molar-refractivity contribution >= 4 is 33.5 Å². The number of fused-ring (bicyclic) bond motifs is 2. The zero-order chi connectivity index (χ0) is 21.5. The van der Waals surface area contributed by atoms with Crippen LogP contribution in [-0.4, -0.2) is 20.0 Å². The molecular weight excluding hydrogens is 393 g/mol. The molecule has 0 spiro atoms. The molecule has 4 aromatic rings. The second-order valence-electron chi connectivity index (χ2n) is 6.62. The predicted octanol–water partition coefficient (Wildman–Crippen LogP) is 4.53. The minimum absolute atomic E-state index is 0.0447. The largest absolute Gasteiger partial charge is 0.488 e. The standard InChI is InChI=1S/C22H15F3N4O/c1-3-20(30)27-17-11-18-16(13-28(2)21(18)26-12-17)7-5-14-4-6-15-8-9-29(19(15)10-14)22(23,24)25/h3-4,6,8-13H,1H2,2H3,(H,27,30). The molecule has 0 aliphatic heterocycles. The van der Waals surface area contributed by atoms with Gasteiger partial charge in [0, 0.05) is 30.4 Å². The van der Waals surface area contributed by atoms with Crippen molar-refractivity contribution in [3.05, 3.63) is 72.7 Å². The molecule has 0 saturated carbocycles. The number of benzene rings is 1. The summed E-state index contributed by atoms with van der Waals surface area (Å²) in [7, 11) is 1.81. The fraction of sp³-hybridized carbons (Fsp3) is 0.0909. The van der Waals surface area contributed by atoms with E-state index >= 15 is 0 Å². The number of rotatable bonds is 2. The second kappa shape index (κ2) is 7.12. The van der Waals surface area contributed by atoms with Gasteiger partial charge in [0.15, 0.2) is 0 Å². The zero-order valence-electron chi connectivity index (χ0n) is 15.8. The van der Waals surface area contributed by atoms with E-state index in [0.717, 1.165) is 12.3 Å². The summed E-state index contributed by atoms with van der Waals surface area (Å²) >= 11 is 0. The highest BCUT2D eigenvalue weighted by Gasteiger charge is 2.31. The Morgan fingerprint density at radius 3 is 2.77 bits per heavy atom. The van der Waals surface area contributed by atoms with E-state index in [9.17, 15) is 18.0 Å². The highest BCUT2D eigenvalue weighted by atomic mass is 19.4. The van der Waals surface area contributed by atoms with E-state index in [1.54, 1.807) is 29.0 Å². The average Bonchev–Trinajstić information content (AvgIpc) is 3.27. The predicted molar refractivity (Wildman–Crippen MR) is 109 cm³/mol. The second-order valence-corrected chi connectivity index (χ2v) is 6.62. The van der Waals surface area contributed by atoms with Gasteiger partial charge >= 0.3 is 6.30 Å². The molecule has 0 unspecified atom stereocenters. The Morgan fingerprint density at radius 1 is 1.23 bits per heavy atom.